The van der Waals surface area contributed by atoms with Gasteiger partial charge in [-0.3, -0.25) is 4.79 Å². The second kappa shape index (κ2) is 5.22. The Morgan fingerprint density at radius 1 is 1.35 bits per heavy atom. The van der Waals surface area contributed by atoms with Crippen molar-refractivity contribution < 1.29 is 9.90 Å². The molecule has 1 amide bonds. The van der Waals surface area contributed by atoms with Gasteiger partial charge in [-0.05, 0) is 24.8 Å². The summed E-state index contributed by atoms with van der Waals surface area (Å²) in [5.74, 6) is -0.504. The lowest BCUT2D eigenvalue weighted by atomic mass is 9.99. The SMILES string of the molecule is CCC(C)(C#N)NC(=O)c1ccc2ccccc2c1O. The van der Waals surface area contributed by atoms with Crippen LogP contribution in [0.5, 0.6) is 5.75 Å². The standard InChI is InChI=1S/C16H16N2O2/c1-3-16(2,10-17)18-15(20)13-9-8-11-6-4-5-7-12(11)14(13)19/h4-9,19H,3H2,1-2H3,(H,18,20). The number of phenolic OH excluding ortho intramolecular Hbond substituents is 1. The third kappa shape index (κ3) is 2.43. The fourth-order valence-electron chi connectivity index (χ4n) is 1.95. The monoisotopic (exact) mass is 268 g/mol. The van der Waals surface area contributed by atoms with Crippen LogP contribution in [0.1, 0.15) is 30.6 Å². The molecule has 2 aromatic carbocycles. The van der Waals surface area contributed by atoms with Crippen molar-refractivity contribution in [2.45, 2.75) is 25.8 Å². The zero-order valence-corrected chi connectivity index (χ0v) is 11.5. The first kappa shape index (κ1) is 13.9. The van der Waals surface area contributed by atoms with Crippen molar-refractivity contribution in [2.75, 3.05) is 0 Å². The highest BCUT2D eigenvalue weighted by Crippen LogP contribution is 2.28. The number of benzene rings is 2. The summed E-state index contributed by atoms with van der Waals surface area (Å²) >= 11 is 0. The molecule has 0 radical (unpaired) electrons. The molecule has 1 atom stereocenters. The molecule has 2 aromatic rings. The Labute approximate surface area is 117 Å². The van der Waals surface area contributed by atoms with Crippen LogP contribution in [0, 0.1) is 11.3 Å². The van der Waals surface area contributed by atoms with Crippen molar-refractivity contribution in [3.8, 4) is 11.8 Å². The summed E-state index contributed by atoms with van der Waals surface area (Å²) in [6.45, 7) is 3.48. The molecule has 0 aliphatic carbocycles. The molecule has 0 bridgehead atoms. The highest BCUT2D eigenvalue weighted by Gasteiger charge is 2.25. The predicted molar refractivity (Wildman–Crippen MR) is 77.4 cm³/mol. The van der Waals surface area contributed by atoms with Crippen LogP contribution >= 0.6 is 0 Å². The van der Waals surface area contributed by atoms with Gasteiger partial charge < -0.3 is 10.4 Å². The van der Waals surface area contributed by atoms with E-state index in [1.165, 1.54) is 0 Å². The van der Waals surface area contributed by atoms with Crippen LogP contribution in [0.4, 0.5) is 0 Å². The predicted octanol–water partition coefficient (Wildman–Crippen LogP) is 2.97. The number of nitrogens with zero attached hydrogens (tertiary/aromatic N) is 1. The van der Waals surface area contributed by atoms with Gasteiger partial charge >= 0.3 is 0 Å². The van der Waals surface area contributed by atoms with E-state index in [0.29, 0.717) is 11.8 Å². The van der Waals surface area contributed by atoms with Gasteiger partial charge in [0.2, 0.25) is 0 Å². The Balaban J connectivity index is 2.41. The van der Waals surface area contributed by atoms with Crippen LogP contribution in [-0.4, -0.2) is 16.6 Å². The van der Waals surface area contributed by atoms with Crippen molar-refractivity contribution >= 4 is 16.7 Å². The van der Waals surface area contributed by atoms with Gasteiger partial charge in [0.1, 0.15) is 11.3 Å². The van der Waals surface area contributed by atoms with Crippen molar-refractivity contribution in [2.24, 2.45) is 0 Å². The number of hydrogen-bond donors (Lipinski definition) is 2. The highest BCUT2D eigenvalue weighted by atomic mass is 16.3. The van der Waals surface area contributed by atoms with Gasteiger partial charge in [0.15, 0.2) is 0 Å². The molecule has 0 saturated carbocycles. The van der Waals surface area contributed by atoms with Crippen LogP contribution in [0.3, 0.4) is 0 Å². The molecule has 1 unspecified atom stereocenters. The first-order chi connectivity index (χ1) is 9.50. The Morgan fingerprint density at radius 2 is 2.05 bits per heavy atom. The average molecular weight is 268 g/mol. The molecule has 4 nitrogen and oxygen atoms in total. The maximum Gasteiger partial charge on any atom is 0.256 e. The average Bonchev–Trinajstić information content (AvgIpc) is 2.47. The van der Waals surface area contributed by atoms with Crippen LogP contribution < -0.4 is 5.32 Å². The molecule has 2 N–H and O–H groups in total. The number of rotatable bonds is 3. The summed E-state index contributed by atoms with van der Waals surface area (Å²) in [5, 5.41) is 23.4. The first-order valence-electron chi connectivity index (χ1n) is 6.45. The Morgan fingerprint density at radius 3 is 2.70 bits per heavy atom. The van der Waals surface area contributed by atoms with E-state index in [9.17, 15) is 9.90 Å². The van der Waals surface area contributed by atoms with Gasteiger partial charge in [0.25, 0.3) is 5.91 Å². The number of carbonyl (C=O) groups excluding carboxylic acids is 1. The zero-order valence-electron chi connectivity index (χ0n) is 11.5. The summed E-state index contributed by atoms with van der Waals surface area (Å²) in [6.07, 6.45) is 0.490. The van der Waals surface area contributed by atoms with Crippen molar-refractivity contribution in [1.82, 2.24) is 5.32 Å². The van der Waals surface area contributed by atoms with E-state index in [2.05, 4.69) is 11.4 Å². The molecule has 0 aliphatic heterocycles. The van der Waals surface area contributed by atoms with Gasteiger partial charge in [-0.15, -0.1) is 0 Å². The first-order valence-corrected chi connectivity index (χ1v) is 6.45. The number of hydrogen-bond acceptors (Lipinski definition) is 3. The topological polar surface area (TPSA) is 73.1 Å². The molecule has 0 fully saturated rings. The van der Waals surface area contributed by atoms with Crippen molar-refractivity contribution in [3.05, 3.63) is 42.0 Å². The summed E-state index contributed by atoms with van der Waals surface area (Å²) in [7, 11) is 0. The summed E-state index contributed by atoms with van der Waals surface area (Å²) < 4.78 is 0. The van der Waals surface area contributed by atoms with Crippen LogP contribution in [0.15, 0.2) is 36.4 Å². The van der Waals surface area contributed by atoms with Gasteiger partial charge in [0.05, 0.1) is 11.6 Å². The highest BCUT2D eigenvalue weighted by molar-refractivity contribution is 6.03. The quantitative estimate of drug-likeness (QED) is 0.898. The van der Waals surface area contributed by atoms with Crippen molar-refractivity contribution in [1.29, 1.82) is 5.26 Å². The fourth-order valence-corrected chi connectivity index (χ4v) is 1.95. The minimum Gasteiger partial charge on any atom is -0.506 e. The fraction of sp³-hybridized carbons (Fsp3) is 0.250. The molecule has 0 aliphatic rings. The minimum absolute atomic E-state index is 0.0583. The smallest absolute Gasteiger partial charge is 0.256 e. The Hall–Kier alpha value is -2.54. The number of phenols is 1. The molecule has 4 heteroatoms. The van der Waals surface area contributed by atoms with Crippen molar-refractivity contribution in [3.63, 3.8) is 0 Å². The van der Waals surface area contributed by atoms with Gasteiger partial charge in [-0.25, -0.2) is 0 Å². The van der Waals surface area contributed by atoms with Gasteiger partial charge in [-0.2, -0.15) is 5.26 Å². The van der Waals surface area contributed by atoms with Crippen LogP contribution in [0.2, 0.25) is 0 Å². The number of nitriles is 1. The van der Waals surface area contributed by atoms with Gasteiger partial charge in [-0.1, -0.05) is 37.3 Å². The number of aromatic hydroxyl groups is 1. The normalized spacial score (nSPS) is 13.4. The lowest BCUT2D eigenvalue weighted by Crippen LogP contribution is -2.44. The van der Waals surface area contributed by atoms with E-state index >= 15 is 0 Å². The largest absolute Gasteiger partial charge is 0.506 e. The maximum atomic E-state index is 12.2. The molecule has 2 rings (SSSR count). The van der Waals surface area contributed by atoms with Crippen LogP contribution in [0.25, 0.3) is 10.8 Å². The van der Waals surface area contributed by atoms with Gasteiger partial charge in [0, 0.05) is 5.39 Å². The molecule has 0 spiro atoms. The number of carbonyl (C=O) groups is 1. The second-order valence-corrected chi connectivity index (χ2v) is 4.93. The summed E-state index contributed by atoms with van der Waals surface area (Å²) in [4.78, 5) is 12.2. The van der Waals surface area contributed by atoms with Crippen LogP contribution in [-0.2, 0) is 0 Å². The summed E-state index contributed by atoms with van der Waals surface area (Å²) in [5.41, 5.74) is -0.756. The Bertz CT molecular complexity index is 703. The van der Waals surface area contributed by atoms with E-state index in [4.69, 9.17) is 5.26 Å². The molecule has 0 heterocycles. The number of fused-ring (bicyclic) bond motifs is 1. The lowest BCUT2D eigenvalue weighted by Gasteiger charge is -2.21. The summed E-state index contributed by atoms with van der Waals surface area (Å²) in [6, 6.07) is 12.7. The second-order valence-electron chi connectivity index (χ2n) is 4.93. The van der Waals surface area contributed by atoms with E-state index in [-0.39, 0.29) is 11.3 Å². The number of nitrogens with one attached hydrogen (secondary N) is 1. The van der Waals surface area contributed by atoms with E-state index < -0.39 is 11.4 Å². The van der Waals surface area contributed by atoms with E-state index in [1.807, 2.05) is 19.1 Å². The minimum atomic E-state index is -0.935. The molecule has 20 heavy (non-hydrogen) atoms. The lowest BCUT2D eigenvalue weighted by molar-refractivity contribution is 0.0920. The third-order valence-corrected chi connectivity index (χ3v) is 3.49. The molecular weight excluding hydrogens is 252 g/mol. The zero-order chi connectivity index (χ0) is 14.8. The third-order valence-electron chi connectivity index (χ3n) is 3.49. The molecule has 0 aromatic heterocycles. The molecule has 0 saturated heterocycles. The maximum absolute atomic E-state index is 12.2. The number of amides is 1. The van der Waals surface area contributed by atoms with E-state index in [0.717, 1.165) is 5.39 Å². The Kier molecular flexibility index (Phi) is 3.62. The molecular formula is C16H16N2O2. The van der Waals surface area contributed by atoms with E-state index in [1.54, 1.807) is 31.2 Å². The molecule has 102 valence electrons.